The molecule has 2 aromatic carbocycles. The third-order valence-electron chi connectivity index (χ3n) is 3.27. The molecule has 0 fully saturated rings. The van der Waals surface area contributed by atoms with Gasteiger partial charge in [0.1, 0.15) is 0 Å². The van der Waals surface area contributed by atoms with E-state index in [2.05, 4.69) is 21.2 Å². The molecule has 0 saturated carbocycles. The minimum Gasteiger partial charge on any atom is -0.398 e. The first-order valence-electron chi connectivity index (χ1n) is 6.52. The summed E-state index contributed by atoms with van der Waals surface area (Å²) in [5.74, 6) is 0.302. The molecule has 1 amide bonds. The van der Waals surface area contributed by atoms with Gasteiger partial charge in [0.05, 0.1) is 5.75 Å². The predicted octanol–water partition coefficient (Wildman–Crippen LogP) is 4.38. The second-order valence-electron chi connectivity index (χ2n) is 4.72. The molecule has 0 spiro atoms. The molecule has 0 heterocycles. The van der Waals surface area contributed by atoms with Gasteiger partial charge in [0, 0.05) is 20.7 Å². The van der Waals surface area contributed by atoms with Gasteiger partial charge in [-0.25, -0.2) is 0 Å². The van der Waals surface area contributed by atoms with Gasteiger partial charge in [0.15, 0.2) is 0 Å². The first-order chi connectivity index (χ1) is 9.99. The highest BCUT2D eigenvalue weighted by Gasteiger charge is 2.09. The number of halogens is 1. The fourth-order valence-corrected chi connectivity index (χ4v) is 3.06. The van der Waals surface area contributed by atoms with Gasteiger partial charge < -0.3 is 11.1 Å². The van der Waals surface area contributed by atoms with E-state index in [-0.39, 0.29) is 5.91 Å². The second-order valence-corrected chi connectivity index (χ2v) is 6.59. The molecule has 2 aromatic rings. The normalized spacial score (nSPS) is 10.4. The maximum atomic E-state index is 12.1. The molecule has 5 heteroatoms. The Balaban J connectivity index is 2.00. The number of para-hydroxylation sites is 1. The first kappa shape index (κ1) is 15.9. The minimum atomic E-state index is -0.0342. The van der Waals surface area contributed by atoms with Crippen LogP contribution in [0.5, 0.6) is 0 Å². The van der Waals surface area contributed by atoms with E-state index in [1.165, 1.54) is 11.8 Å². The minimum absolute atomic E-state index is 0.0342. The maximum Gasteiger partial charge on any atom is 0.234 e. The molecule has 110 valence electrons. The molecule has 0 aromatic heterocycles. The lowest BCUT2D eigenvalue weighted by molar-refractivity contribution is -0.113. The number of hydrogen-bond acceptors (Lipinski definition) is 3. The summed E-state index contributed by atoms with van der Waals surface area (Å²) in [5.41, 5.74) is 9.62. The quantitative estimate of drug-likeness (QED) is 0.625. The summed E-state index contributed by atoms with van der Waals surface area (Å²) in [6, 6.07) is 11.4. The van der Waals surface area contributed by atoms with Crippen LogP contribution >= 0.6 is 27.7 Å². The highest BCUT2D eigenvalue weighted by atomic mass is 79.9. The first-order valence-corrected chi connectivity index (χ1v) is 8.29. The van der Waals surface area contributed by atoms with Crippen LogP contribution in [0, 0.1) is 13.8 Å². The van der Waals surface area contributed by atoms with Gasteiger partial charge in [0.2, 0.25) is 5.91 Å². The van der Waals surface area contributed by atoms with Crippen LogP contribution in [0.25, 0.3) is 0 Å². The van der Waals surface area contributed by atoms with Crippen LogP contribution in [0.1, 0.15) is 11.1 Å². The Labute approximate surface area is 137 Å². The molecule has 0 saturated heterocycles. The molecule has 0 radical (unpaired) electrons. The molecule has 0 atom stereocenters. The number of anilines is 2. The molecule has 0 bridgehead atoms. The number of rotatable bonds is 4. The average molecular weight is 365 g/mol. The highest BCUT2D eigenvalue weighted by molar-refractivity contribution is 9.10. The molecule has 2 rings (SSSR count). The summed E-state index contributed by atoms with van der Waals surface area (Å²) in [4.78, 5) is 13.0. The van der Waals surface area contributed by atoms with E-state index in [4.69, 9.17) is 5.73 Å². The van der Waals surface area contributed by atoms with Gasteiger partial charge >= 0.3 is 0 Å². The molecule has 0 aliphatic heterocycles. The zero-order valence-corrected chi connectivity index (χ0v) is 14.3. The Morgan fingerprint density at radius 1 is 1.19 bits per heavy atom. The fraction of sp³-hybridized carbons (Fsp3) is 0.188. The number of benzene rings is 2. The van der Waals surface area contributed by atoms with E-state index in [0.29, 0.717) is 11.4 Å². The molecular formula is C16H17BrN2OS. The van der Waals surface area contributed by atoms with Gasteiger partial charge in [-0.3, -0.25) is 4.79 Å². The van der Waals surface area contributed by atoms with Crippen LogP contribution in [0.4, 0.5) is 11.4 Å². The summed E-state index contributed by atoms with van der Waals surface area (Å²) in [6.07, 6.45) is 0. The lowest BCUT2D eigenvalue weighted by Gasteiger charge is -2.12. The van der Waals surface area contributed by atoms with E-state index < -0.39 is 0 Å². The van der Waals surface area contributed by atoms with Crippen molar-refractivity contribution < 1.29 is 4.79 Å². The van der Waals surface area contributed by atoms with Crippen molar-refractivity contribution in [3.8, 4) is 0 Å². The van der Waals surface area contributed by atoms with Crippen LogP contribution < -0.4 is 11.1 Å². The Kier molecular flexibility index (Phi) is 5.31. The van der Waals surface area contributed by atoms with Crippen LogP contribution in [-0.4, -0.2) is 11.7 Å². The van der Waals surface area contributed by atoms with Crippen molar-refractivity contribution in [2.24, 2.45) is 0 Å². The maximum absolute atomic E-state index is 12.1. The number of carbonyl (C=O) groups is 1. The molecule has 21 heavy (non-hydrogen) atoms. The zero-order valence-electron chi connectivity index (χ0n) is 11.9. The third-order valence-corrected chi connectivity index (χ3v) is 5.22. The molecule has 0 unspecified atom stereocenters. The molecule has 0 aliphatic carbocycles. The number of thioether (sulfide) groups is 1. The predicted molar refractivity (Wildman–Crippen MR) is 93.8 cm³/mol. The number of nitrogen functional groups attached to an aromatic ring is 1. The van der Waals surface area contributed by atoms with Crippen molar-refractivity contribution in [2.45, 2.75) is 18.7 Å². The average Bonchev–Trinajstić information content (AvgIpc) is 2.47. The zero-order chi connectivity index (χ0) is 15.4. The topological polar surface area (TPSA) is 55.1 Å². The Hall–Kier alpha value is -1.46. The largest absolute Gasteiger partial charge is 0.398 e. The van der Waals surface area contributed by atoms with Crippen LogP contribution in [0.15, 0.2) is 45.8 Å². The summed E-state index contributed by atoms with van der Waals surface area (Å²) < 4.78 is 1.05. The molecule has 3 N–H and O–H groups in total. The lowest BCUT2D eigenvalue weighted by Crippen LogP contribution is -2.15. The Bertz CT molecular complexity index is 673. The monoisotopic (exact) mass is 364 g/mol. The van der Waals surface area contributed by atoms with Crippen molar-refractivity contribution in [3.05, 3.63) is 52.0 Å². The van der Waals surface area contributed by atoms with Gasteiger partial charge in [0.25, 0.3) is 0 Å². The van der Waals surface area contributed by atoms with Gasteiger partial charge in [-0.05, 0) is 49.2 Å². The summed E-state index contributed by atoms with van der Waals surface area (Å²) in [7, 11) is 0. The van der Waals surface area contributed by atoms with Gasteiger partial charge in [-0.1, -0.05) is 28.1 Å². The number of hydrogen-bond donors (Lipinski definition) is 2. The van der Waals surface area contributed by atoms with E-state index in [0.717, 1.165) is 26.2 Å². The van der Waals surface area contributed by atoms with Crippen molar-refractivity contribution in [3.63, 3.8) is 0 Å². The van der Waals surface area contributed by atoms with Crippen molar-refractivity contribution in [2.75, 3.05) is 16.8 Å². The third kappa shape index (κ3) is 4.02. The van der Waals surface area contributed by atoms with Gasteiger partial charge in [-0.15, -0.1) is 11.8 Å². The molecule has 3 nitrogen and oxygen atoms in total. The second kappa shape index (κ2) is 7.00. The van der Waals surface area contributed by atoms with E-state index >= 15 is 0 Å². The van der Waals surface area contributed by atoms with E-state index in [9.17, 15) is 4.79 Å². The summed E-state index contributed by atoms with van der Waals surface area (Å²) in [6.45, 7) is 4.02. The van der Waals surface area contributed by atoms with Gasteiger partial charge in [-0.2, -0.15) is 0 Å². The van der Waals surface area contributed by atoms with Crippen molar-refractivity contribution >= 4 is 45.0 Å². The van der Waals surface area contributed by atoms with Crippen molar-refractivity contribution in [1.29, 1.82) is 0 Å². The van der Waals surface area contributed by atoms with Crippen LogP contribution in [0.2, 0.25) is 0 Å². The number of carbonyl (C=O) groups excluding carboxylic acids is 1. The lowest BCUT2D eigenvalue weighted by atomic mass is 10.1. The number of nitrogens with two attached hydrogens (primary N) is 1. The van der Waals surface area contributed by atoms with E-state index in [1.54, 1.807) is 0 Å². The van der Waals surface area contributed by atoms with Crippen LogP contribution in [-0.2, 0) is 4.79 Å². The summed E-state index contributed by atoms with van der Waals surface area (Å²) >= 11 is 4.93. The van der Waals surface area contributed by atoms with E-state index in [1.807, 2.05) is 50.2 Å². The van der Waals surface area contributed by atoms with Crippen molar-refractivity contribution in [1.82, 2.24) is 0 Å². The molecular weight excluding hydrogens is 348 g/mol. The van der Waals surface area contributed by atoms with Crippen LogP contribution in [0.3, 0.4) is 0 Å². The Morgan fingerprint density at radius 3 is 2.62 bits per heavy atom. The number of amides is 1. The number of nitrogens with one attached hydrogen (secondary N) is 1. The smallest absolute Gasteiger partial charge is 0.234 e. The Morgan fingerprint density at radius 2 is 1.90 bits per heavy atom. The highest BCUT2D eigenvalue weighted by Crippen LogP contribution is 2.27. The summed E-state index contributed by atoms with van der Waals surface area (Å²) in [5, 5.41) is 2.95. The standard InChI is InChI=1S/C16H17BrN2OS/c1-10-11(2)14(8-7-12(10)17)19-16(20)9-21-15-6-4-3-5-13(15)18/h3-8H,9,18H2,1-2H3,(H,19,20). The molecule has 0 aliphatic rings. The SMILES string of the molecule is Cc1c(Br)ccc(NC(=O)CSc2ccccc2N)c1C. The fourth-order valence-electron chi connectivity index (χ4n) is 1.86.